The van der Waals surface area contributed by atoms with Crippen LogP contribution in [0.4, 0.5) is 5.69 Å². The number of benzene rings is 1. The molecule has 1 saturated heterocycles. The van der Waals surface area contributed by atoms with Crippen molar-refractivity contribution in [1.29, 1.82) is 0 Å². The van der Waals surface area contributed by atoms with Crippen LogP contribution in [0.25, 0.3) is 0 Å². The van der Waals surface area contributed by atoms with Crippen molar-refractivity contribution in [1.82, 2.24) is 4.90 Å². The summed E-state index contributed by atoms with van der Waals surface area (Å²) in [6, 6.07) is 7.49. The number of hydrogen-bond donors (Lipinski definition) is 2. The number of rotatable bonds is 6. The van der Waals surface area contributed by atoms with Crippen LogP contribution in [0.3, 0.4) is 0 Å². The van der Waals surface area contributed by atoms with Crippen molar-refractivity contribution >= 4 is 5.69 Å². The van der Waals surface area contributed by atoms with Crippen molar-refractivity contribution in [3.63, 3.8) is 0 Å². The third-order valence-corrected chi connectivity index (χ3v) is 3.70. The molecule has 0 bridgehead atoms. The van der Waals surface area contributed by atoms with Crippen LogP contribution >= 0.6 is 0 Å². The Balaban J connectivity index is 1.73. The first-order valence-electron chi connectivity index (χ1n) is 7.17. The van der Waals surface area contributed by atoms with E-state index in [1.807, 2.05) is 12.1 Å². The summed E-state index contributed by atoms with van der Waals surface area (Å²) >= 11 is 0. The molecule has 0 spiro atoms. The van der Waals surface area contributed by atoms with Gasteiger partial charge in [-0.3, -0.25) is 4.90 Å². The van der Waals surface area contributed by atoms with Gasteiger partial charge in [0.1, 0.15) is 5.75 Å². The second-order valence-electron chi connectivity index (χ2n) is 5.13. The first-order valence-corrected chi connectivity index (χ1v) is 7.17. The van der Waals surface area contributed by atoms with E-state index < -0.39 is 0 Å². The van der Waals surface area contributed by atoms with Gasteiger partial charge in [-0.15, -0.1) is 0 Å². The zero-order valence-corrected chi connectivity index (χ0v) is 11.5. The summed E-state index contributed by atoms with van der Waals surface area (Å²) in [7, 11) is 0. The molecule has 1 aromatic carbocycles. The van der Waals surface area contributed by atoms with Crippen LogP contribution in [0.5, 0.6) is 5.75 Å². The zero-order valence-electron chi connectivity index (χ0n) is 11.5. The molecular formula is C15H24N2O2. The molecule has 4 nitrogen and oxygen atoms in total. The summed E-state index contributed by atoms with van der Waals surface area (Å²) in [6.45, 7) is 5.63. The standard InChI is InChI=1S/C15H24N2O2/c18-12-3-1-2-7-16-8-10-17(11-9-16)14-5-4-6-15(19)13-14/h4-6,13,18-19H,1-3,7-12H2. The molecule has 0 aliphatic carbocycles. The second kappa shape index (κ2) is 7.36. The van der Waals surface area contributed by atoms with Crippen LogP contribution in [0.1, 0.15) is 19.3 Å². The lowest BCUT2D eigenvalue weighted by molar-refractivity contribution is 0.242. The lowest BCUT2D eigenvalue weighted by atomic mass is 10.2. The number of phenols is 1. The van der Waals surface area contributed by atoms with Gasteiger partial charge in [-0.1, -0.05) is 6.07 Å². The van der Waals surface area contributed by atoms with E-state index in [0.717, 1.165) is 51.3 Å². The molecule has 0 unspecified atom stereocenters. The molecular weight excluding hydrogens is 240 g/mol. The Bertz CT molecular complexity index is 376. The number of anilines is 1. The van der Waals surface area contributed by atoms with Gasteiger partial charge in [-0.05, 0) is 37.9 Å². The number of aromatic hydroxyl groups is 1. The van der Waals surface area contributed by atoms with Gasteiger partial charge in [-0.2, -0.15) is 0 Å². The number of aliphatic hydroxyl groups is 1. The van der Waals surface area contributed by atoms with Crippen molar-refractivity contribution in [2.45, 2.75) is 19.3 Å². The molecule has 0 amide bonds. The molecule has 0 saturated carbocycles. The monoisotopic (exact) mass is 264 g/mol. The van der Waals surface area contributed by atoms with E-state index in [9.17, 15) is 5.11 Å². The van der Waals surface area contributed by atoms with E-state index >= 15 is 0 Å². The molecule has 19 heavy (non-hydrogen) atoms. The minimum Gasteiger partial charge on any atom is -0.508 e. The Morgan fingerprint density at radius 1 is 1.00 bits per heavy atom. The average Bonchev–Trinajstić information content (AvgIpc) is 2.44. The van der Waals surface area contributed by atoms with Crippen molar-refractivity contribution in [2.75, 3.05) is 44.2 Å². The van der Waals surface area contributed by atoms with Crippen molar-refractivity contribution < 1.29 is 10.2 Å². The number of piperazine rings is 1. The molecule has 1 aliphatic rings. The van der Waals surface area contributed by atoms with E-state index in [0.29, 0.717) is 12.4 Å². The summed E-state index contributed by atoms with van der Waals surface area (Å²) in [5.74, 6) is 0.337. The molecule has 0 atom stereocenters. The van der Waals surface area contributed by atoms with Gasteiger partial charge >= 0.3 is 0 Å². The first-order chi connectivity index (χ1) is 9.29. The minimum atomic E-state index is 0.311. The Kier molecular flexibility index (Phi) is 5.48. The van der Waals surface area contributed by atoms with Crippen LogP contribution in [0.15, 0.2) is 24.3 Å². The normalized spacial score (nSPS) is 16.8. The molecule has 0 aromatic heterocycles. The molecule has 4 heteroatoms. The summed E-state index contributed by atoms with van der Waals surface area (Å²) < 4.78 is 0. The van der Waals surface area contributed by atoms with Crippen molar-refractivity contribution in [3.8, 4) is 5.75 Å². The summed E-state index contributed by atoms with van der Waals surface area (Å²) in [6.07, 6.45) is 3.21. The largest absolute Gasteiger partial charge is 0.508 e. The third-order valence-electron chi connectivity index (χ3n) is 3.70. The topological polar surface area (TPSA) is 46.9 Å². The predicted octanol–water partition coefficient (Wildman–Crippen LogP) is 1.68. The van der Waals surface area contributed by atoms with Crippen molar-refractivity contribution in [3.05, 3.63) is 24.3 Å². The molecule has 2 rings (SSSR count). The van der Waals surface area contributed by atoms with Gasteiger partial charge in [0.05, 0.1) is 0 Å². The Hall–Kier alpha value is -1.26. The number of nitrogens with zero attached hydrogens (tertiary/aromatic N) is 2. The third kappa shape index (κ3) is 4.40. The summed E-state index contributed by atoms with van der Waals surface area (Å²) in [5.41, 5.74) is 1.11. The molecule has 2 N–H and O–H groups in total. The SMILES string of the molecule is OCCCCCN1CCN(c2cccc(O)c2)CC1. The Labute approximate surface area is 115 Å². The van der Waals surface area contributed by atoms with Crippen LogP contribution < -0.4 is 4.90 Å². The molecule has 0 radical (unpaired) electrons. The van der Waals surface area contributed by atoms with E-state index in [1.54, 1.807) is 6.07 Å². The molecule has 1 heterocycles. The quantitative estimate of drug-likeness (QED) is 0.767. The van der Waals surface area contributed by atoms with Gasteiger partial charge < -0.3 is 15.1 Å². The second-order valence-corrected chi connectivity index (χ2v) is 5.13. The highest BCUT2D eigenvalue weighted by atomic mass is 16.3. The molecule has 1 fully saturated rings. The van der Waals surface area contributed by atoms with Gasteiger partial charge in [0.2, 0.25) is 0 Å². The van der Waals surface area contributed by atoms with Gasteiger partial charge in [0.15, 0.2) is 0 Å². The fourth-order valence-corrected chi connectivity index (χ4v) is 2.54. The fraction of sp³-hybridized carbons (Fsp3) is 0.600. The summed E-state index contributed by atoms with van der Waals surface area (Å²) in [5, 5.41) is 18.3. The van der Waals surface area contributed by atoms with E-state index in [1.165, 1.54) is 6.42 Å². The minimum absolute atomic E-state index is 0.311. The predicted molar refractivity (Wildman–Crippen MR) is 77.7 cm³/mol. The van der Waals surface area contributed by atoms with E-state index in [4.69, 9.17) is 5.11 Å². The average molecular weight is 264 g/mol. The highest BCUT2D eigenvalue weighted by molar-refractivity contribution is 5.50. The fourth-order valence-electron chi connectivity index (χ4n) is 2.54. The van der Waals surface area contributed by atoms with Gasteiger partial charge in [0.25, 0.3) is 0 Å². The highest BCUT2D eigenvalue weighted by Gasteiger charge is 2.16. The number of phenolic OH excluding ortho intramolecular Hbond substituents is 1. The van der Waals surface area contributed by atoms with Crippen LogP contribution in [-0.2, 0) is 0 Å². The zero-order chi connectivity index (χ0) is 13.5. The lowest BCUT2D eigenvalue weighted by Crippen LogP contribution is -2.46. The van der Waals surface area contributed by atoms with Crippen LogP contribution in [0, 0.1) is 0 Å². The van der Waals surface area contributed by atoms with Gasteiger partial charge in [-0.25, -0.2) is 0 Å². The maximum absolute atomic E-state index is 9.50. The summed E-state index contributed by atoms with van der Waals surface area (Å²) in [4.78, 5) is 4.81. The molecule has 106 valence electrons. The van der Waals surface area contributed by atoms with Crippen molar-refractivity contribution in [2.24, 2.45) is 0 Å². The Morgan fingerprint density at radius 2 is 1.79 bits per heavy atom. The highest BCUT2D eigenvalue weighted by Crippen LogP contribution is 2.21. The lowest BCUT2D eigenvalue weighted by Gasteiger charge is -2.36. The maximum atomic E-state index is 9.50. The molecule has 1 aromatic rings. The molecule has 1 aliphatic heterocycles. The van der Waals surface area contributed by atoms with Crippen LogP contribution in [-0.4, -0.2) is 54.4 Å². The number of aliphatic hydroxyl groups excluding tert-OH is 1. The van der Waals surface area contributed by atoms with Gasteiger partial charge in [0, 0.05) is 44.5 Å². The number of unbranched alkanes of at least 4 members (excludes halogenated alkanes) is 2. The van der Waals surface area contributed by atoms with E-state index in [-0.39, 0.29) is 0 Å². The maximum Gasteiger partial charge on any atom is 0.117 e. The smallest absolute Gasteiger partial charge is 0.117 e. The van der Waals surface area contributed by atoms with Crippen LogP contribution in [0.2, 0.25) is 0 Å². The van der Waals surface area contributed by atoms with E-state index in [2.05, 4.69) is 15.9 Å². The Morgan fingerprint density at radius 3 is 2.47 bits per heavy atom. The number of hydrogen-bond acceptors (Lipinski definition) is 4. The first kappa shape index (κ1) is 14.2.